The standard InChI is InChI=1S/C12H18O4.C7H12O3/c1-8(2)11(13)15-7-6-10(5)16-12(14)9(3)4;1-3-6(2)7(9)10-5-4-8/h10H,1,3,6-7H2,2,4-5H3;3,8H,4-5H2,1-2H3. The number of esters is 3. The zero-order valence-electron chi connectivity index (χ0n) is 16.3. The maximum Gasteiger partial charge on any atom is 0.333 e. The van der Waals surface area contributed by atoms with Crippen LogP contribution in [0.25, 0.3) is 0 Å². The summed E-state index contributed by atoms with van der Waals surface area (Å²) in [5.74, 6) is -1.23. The van der Waals surface area contributed by atoms with Crippen LogP contribution in [0.4, 0.5) is 0 Å². The Morgan fingerprint density at radius 2 is 1.46 bits per heavy atom. The van der Waals surface area contributed by atoms with Crippen LogP contribution in [0.5, 0.6) is 0 Å². The first-order valence-electron chi connectivity index (χ1n) is 8.16. The number of aliphatic hydroxyl groups is 1. The maximum atomic E-state index is 11.1. The fourth-order valence-corrected chi connectivity index (χ4v) is 1.15. The molecular weight excluding hydrogens is 340 g/mol. The average Bonchev–Trinajstić information content (AvgIpc) is 2.58. The third kappa shape index (κ3) is 14.0. The number of allylic oxidation sites excluding steroid dienone is 1. The lowest BCUT2D eigenvalue weighted by Crippen LogP contribution is -2.18. The smallest absolute Gasteiger partial charge is 0.333 e. The number of ether oxygens (including phenoxy) is 3. The summed E-state index contributed by atoms with van der Waals surface area (Å²) in [6, 6.07) is 0. The normalized spacial score (nSPS) is 11.4. The van der Waals surface area contributed by atoms with Crippen LogP contribution in [0.2, 0.25) is 0 Å². The van der Waals surface area contributed by atoms with E-state index < -0.39 is 11.9 Å². The fourth-order valence-electron chi connectivity index (χ4n) is 1.15. The second-order valence-electron chi connectivity index (χ2n) is 5.53. The second-order valence-corrected chi connectivity index (χ2v) is 5.53. The van der Waals surface area contributed by atoms with Crippen molar-refractivity contribution in [1.29, 1.82) is 0 Å². The molecule has 0 aromatic heterocycles. The van der Waals surface area contributed by atoms with Gasteiger partial charge in [0.2, 0.25) is 0 Å². The lowest BCUT2D eigenvalue weighted by atomic mass is 10.3. The molecule has 0 aromatic rings. The van der Waals surface area contributed by atoms with Gasteiger partial charge in [-0.05, 0) is 34.6 Å². The summed E-state index contributed by atoms with van der Waals surface area (Å²) < 4.78 is 14.5. The van der Waals surface area contributed by atoms with Gasteiger partial charge in [-0.2, -0.15) is 0 Å². The van der Waals surface area contributed by atoms with Crippen molar-refractivity contribution >= 4 is 17.9 Å². The molecule has 0 radical (unpaired) electrons. The number of rotatable bonds is 9. The van der Waals surface area contributed by atoms with E-state index in [0.717, 1.165) is 0 Å². The molecule has 7 heteroatoms. The monoisotopic (exact) mass is 370 g/mol. The molecule has 7 nitrogen and oxygen atoms in total. The minimum Gasteiger partial charge on any atom is -0.462 e. The minimum atomic E-state index is -0.432. The number of aliphatic hydroxyl groups excluding tert-OH is 1. The Hall–Kier alpha value is -2.41. The highest BCUT2D eigenvalue weighted by molar-refractivity contribution is 5.88. The third-order valence-corrected chi connectivity index (χ3v) is 2.84. The first-order chi connectivity index (χ1) is 12.1. The molecule has 0 aliphatic heterocycles. The zero-order chi connectivity index (χ0) is 20.7. The predicted molar refractivity (Wildman–Crippen MR) is 98.2 cm³/mol. The van der Waals surface area contributed by atoms with Crippen LogP contribution in [-0.4, -0.2) is 48.9 Å². The van der Waals surface area contributed by atoms with E-state index in [-0.39, 0.29) is 31.9 Å². The van der Waals surface area contributed by atoms with Crippen LogP contribution < -0.4 is 0 Å². The number of carbonyl (C=O) groups excluding carboxylic acids is 3. The van der Waals surface area contributed by atoms with Gasteiger partial charge < -0.3 is 19.3 Å². The molecule has 0 spiro atoms. The Balaban J connectivity index is 0. The van der Waals surface area contributed by atoms with E-state index in [4.69, 9.17) is 14.6 Å². The Morgan fingerprint density at radius 3 is 1.88 bits per heavy atom. The number of hydrogen-bond acceptors (Lipinski definition) is 7. The molecule has 0 heterocycles. The summed E-state index contributed by atoms with van der Waals surface area (Å²) >= 11 is 0. The van der Waals surface area contributed by atoms with Crippen molar-refractivity contribution in [3.63, 3.8) is 0 Å². The van der Waals surface area contributed by atoms with Crippen LogP contribution in [-0.2, 0) is 28.6 Å². The zero-order valence-corrected chi connectivity index (χ0v) is 16.3. The van der Waals surface area contributed by atoms with Gasteiger partial charge in [0.05, 0.1) is 13.2 Å². The molecular formula is C19H30O7. The van der Waals surface area contributed by atoms with E-state index in [1.165, 1.54) is 0 Å². The molecule has 1 N–H and O–H groups in total. The van der Waals surface area contributed by atoms with E-state index in [0.29, 0.717) is 23.1 Å². The van der Waals surface area contributed by atoms with Crippen molar-refractivity contribution in [3.05, 3.63) is 36.0 Å². The van der Waals surface area contributed by atoms with Crippen LogP contribution in [0, 0.1) is 0 Å². The first kappa shape index (κ1) is 25.8. The van der Waals surface area contributed by atoms with Crippen molar-refractivity contribution in [2.45, 2.75) is 47.1 Å². The van der Waals surface area contributed by atoms with Crippen molar-refractivity contribution in [3.8, 4) is 0 Å². The molecule has 0 aliphatic rings. The topological polar surface area (TPSA) is 99.1 Å². The lowest BCUT2D eigenvalue weighted by molar-refractivity contribution is -0.145. The number of hydrogen-bond donors (Lipinski definition) is 1. The van der Waals surface area contributed by atoms with Crippen LogP contribution in [0.15, 0.2) is 36.0 Å². The molecule has 0 bridgehead atoms. The fraction of sp³-hybridized carbons (Fsp3) is 0.526. The van der Waals surface area contributed by atoms with Gasteiger partial charge in [-0.15, -0.1) is 0 Å². The summed E-state index contributed by atoms with van der Waals surface area (Å²) in [6.07, 6.45) is 1.82. The summed E-state index contributed by atoms with van der Waals surface area (Å²) in [4.78, 5) is 32.9. The summed E-state index contributed by atoms with van der Waals surface area (Å²) in [6.45, 7) is 15.4. The second kappa shape index (κ2) is 14.9. The maximum absolute atomic E-state index is 11.1. The van der Waals surface area contributed by atoms with Crippen molar-refractivity contribution in [2.24, 2.45) is 0 Å². The van der Waals surface area contributed by atoms with Gasteiger partial charge in [-0.1, -0.05) is 19.2 Å². The molecule has 1 atom stereocenters. The van der Waals surface area contributed by atoms with Crippen molar-refractivity contribution < 1.29 is 33.7 Å². The first-order valence-corrected chi connectivity index (χ1v) is 8.16. The quantitative estimate of drug-likeness (QED) is 0.378. The van der Waals surface area contributed by atoms with E-state index in [1.807, 2.05) is 0 Å². The predicted octanol–water partition coefficient (Wildman–Crippen LogP) is 2.49. The SMILES string of the molecule is C=C(C)C(=O)OCCC(C)OC(=O)C(=C)C.CC=C(C)C(=O)OCCO. The van der Waals surface area contributed by atoms with Gasteiger partial charge >= 0.3 is 17.9 Å². The average molecular weight is 370 g/mol. The van der Waals surface area contributed by atoms with Gasteiger partial charge in [0.25, 0.3) is 0 Å². The van der Waals surface area contributed by atoms with Gasteiger partial charge in [0, 0.05) is 23.1 Å². The highest BCUT2D eigenvalue weighted by Gasteiger charge is 2.11. The molecule has 0 aromatic carbocycles. The highest BCUT2D eigenvalue weighted by atomic mass is 16.6. The summed E-state index contributed by atoms with van der Waals surface area (Å²) in [5.41, 5.74) is 1.27. The molecule has 26 heavy (non-hydrogen) atoms. The Labute approximate surface area is 155 Å². The molecule has 1 unspecified atom stereocenters. The van der Waals surface area contributed by atoms with Crippen molar-refractivity contribution in [2.75, 3.05) is 19.8 Å². The number of carbonyl (C=O) groups is 3. The molecule has 148 valence electrons. The summed E-state index contributed by atoms with van der Waals surface area (Å²) in [7, 11) is 0. The van der Waals surface area contributed by atoms with Crippen molar-refractivity contribution in [1.82, 2.24) is 0 Å². The van der Waals surface area contributed by atoms with Gasteiger partial charge in [-0.25, -0.2) is 14.4 Å². The molecule has 0 saturated heterocycles. The van der Waals surface area contributed by atoms with Gasteiger partial charge in [-0.3, -0.25) is 0 Å². The van der Waals surface area contributed by atoms with E-state index in [2.05, 4.69) is 17.9 Å². The lowest BCUT2D eigenvalue weighted by Gasteiger charge is -2.13. The largest absolute Gasteiger partial charge is 0.462 e. The molecule has 0 amide bonds. The Morgan fingerprint density at radius 1 is 0.962 bits per heavy atom. The van der Waals surface area contributed by atoms with E-state index in [9.17, 15) is 14.4 Å². The molecule has 0 fully saturated rings. The Bertz CT molecular complexity index is 532. The molecule has 0 saturated carbocycles. The summed E-state index contributed by atoms with van der Waals surface area (Å²) in [5, 5.41) is 8.27. The van der Waals surface area contributed by atoms with Crippen LogP contribution >= 0.6 is 0 Å². The highest BCUT2D eigenvalue weighted by Crippen LogP contribution is 2.03. The van der Waals surface area contributed by atoms with Crippen LogP contribution in [0.3, 0.4) is 0 Å². The van der Waals surface area contributed by atoms with Crippen LogP contribution in [0.1, 0.15) is 41.0 Å². The molecule has 0 rings (SSSR count). The third-order valence-electron chi connectivity index (χ3n) is 2.84. The Kier molecular flexibility index (Phi) is 14.8. The van der Waals surface area contributed by atoms with E-state index in [1.54, 1.807) is 40.7 Å². The molecule has 0 aliphatic carbocycles. The van der Waals surface area contributed by atoms with Gasteiger partial charge in [0.15, 0.2) is 0 Å². The van der Waals surface area contributed by atoms with E-state index >= 15 is 0 Å². The minimum absolute atomic E-state index is 0.0734. The van der Waals surface area contributed by atoms with Gasteiger partial charge in [0.1, 0.15) is 12.7 Å².